The van der Waals surface area contributed by atoms with E-state index < -0.39 is 17.6 Å². The summed E-state index contributed by atoms with van der Waals surface area (Å²) in [6.07, 6.45) is 12.4. The number of hydrogen-bond acceptors (Lipinski definition) is 6. The fraction of sp³-hybridized carbons (Fsp3) is 0.793. The van der Waals surface area contributed by atoms with E-state index in [4.69, 9.17) is 15.9 Å². The molecule has 0 aliphatic carbocycles. The Labute approximate surface area is 228 Å². The molecule has 0 saturated carbocycles. The van der Waals surface area contributed by atoms with Crippen LogP contribution in [0.4, 0.5) is 4.79 Å². The zero-order valence-electron chi connectivity index (χ0n) is 23.8. The van der Waals surface area contributed by atoms with Gasteiger partial charge in [-0.3, -0.25) is 14.4 Å². The summed E-state index contributed by atoms with van der Waals surface area (Å²) in [5.74, 6) is 1.93. The van der Waals surface area contributed by atoms with Crippen molar-refractivity contribution in [3.63, 3.8) is 0 Å². The number of nitrogens with zero attached hydrogens (tertiary/aromatic N) is 2. The van der Waals surface area contributed by atoms with Crippen LogP contribution in [0.5, 0.6) is 0 Å². The molecule has 2 atom stereocenters. The molecule has 9 heteroatoms. The first-order valence-electron chi connectivity index (χ1n) is 14.2. The van der Waals surface area contributed by atoms with Crippen LogP contribution in [0.15, 0.2) is 0 Å². The van der Waals surface area contributed by atoms with Crippen LogP contribution in [0, 0.1) is 24.2 Å². The standard InChI is InChI=1S/C29H47N3O6/c1-6-8-9-19-37-26(34)20-24(7-2)30-27(35)23-11-10-16-32(21-23)25(33)13-12-22-14-17-31(18-15-22)28(36)38-29(3,4)5/h2,22-24H,6,8-21H2,1,3-5H3,(H,30,35)/t23-,24?/m1/s1. The van der Waals surface area contributed by atoms with Gasteiger partial charge in [0.15, 0.2) is 0 Å². The zero-order chi connectivity index (χ0) is 28.1. The van der Waals surface area contributed by atoms with Gasteiger partial charge >= 0.3 is 12.1 Å². The van der Waals surface area contributed by atoms with E-state index in [0.29, 0.717) is 51.5 Å². The summed E-state index contributed by atoms with van der Waals surface area (Å²) >= 11 is 0. The molecule has 0 radical (unpaired) electrons. The van der Waals surface area contributed by atoms with Gasteiger partial charge in [0, 0.05) is 32.6 Å². The summed E-state index contributed by atoms with van der Waals surface area (Å²) in [6, 6.07) is -0.723. The summed E-state index contributed by atoms with van der Waals surface area (Å²) in [5, 5.41) is 2.78. The van der Waals surface area contributed by atoms with Gasteiger partial charge in [0.1, 0.15) is 11.6 Å². The van der Waals surface area contributed by atoms with Gasteiger partial charge in [0.2, 0.25) is 11.8 Å². The second-order valence-electron chi connectivity index (χ2n) is 11.5. The second-order valence-corrected chi connectivity index (χ2v) is 11.5. The maximum atomic E-state index is 12.9. The normalized spacial score (nSPS) is 19.3. The molecule has 2 heterocycles. The third-order valence-electron chi connectivity index (χ3n) is 7.08. The van der Waals surface area contributed by atoms with Crippen LogP contribution >= 0.6 is 0 Å². The average Bonchev–Trinajstić information content (AvgIpc) is 2.88. The van der Waals surface area contributed by atoms with E-state index in [2.05, 4.69) is 18.2 Å². The van der Waals surface area contributed by atoms with Gasteiger partial charge in [0.25, 0.3) is 0 Å². The number of likely N-dealkylation sites (tertiary alicyclic amines) is 2. The van der Waals surface area contributed by atoms with Gasteiger partial charge < -0.3 is 24.6 Å². The molecule has 2 aliphatic rings. The number of nitrogens with one attached hydrogen (secondary N) is 1. The van der Waals surface area contributed by atoms with Crippen LogP contribution < -0.4 is 5.32 Å². The summed E-state index contributed by atoms with van der Waals surface area (Å²) in [6.45, 7) is 10.3. The SMILES string of the molecule is C#CC(CC(=O)OCCCCC)NC(=O)[C@@H]1CCCN(C(=O)CCC2CCN(C(=O)OC(C)(C)C)CC2)C1. The highest BCUT2D eigenvalue weighted by Crippen LogP contribution is 2.25. The highest BCUT2D eigenvalue weighted by atomic mass is 16.6. The van der Waals surface area contributed by atoms with Gasteiger partial charge in [-0.1, -0.05) is 25.7 Å². The lowest BCUT2D eigenvalue weighted by Crippen LogP contribution is -2.47. The molecule has 9 nitrogen and oxygen atoms in total. The molecule has 1 unspecified atom stereocenters. The van der Waals surface area contributed by atoms with Crippen molar-refractivity contribution < 1.29 is 28.7 Å². The number of carbonyl (C=O) groups excluding carboxylic acids is 4. The fourth-order valence-corrected chi connectivity index (χ4v) is 4.84. The van der Waals surface area contributed by atoms with Crippen molar-refractivity contribution in [1.82, 2.24) is 15.1 Å². The third kappa shape index (κ3) is 11.3. The van der Waals surface area contributed by atoms with E-state index in [0.717, 1.165) is 44.9 Å². The molecule has 0 bridgehead atoms. The number of piperidine rings is 2. The van der Waals surface area contributed by atoms with Gasteiger partial charge in [-0.2, -0.15) is 0 Å². The summed E-state index contributed by atoms with van der Waals surface area (Å²) in [4.78, 5) is 53.6. The predicted molar refractivity (Wildman–Crippen MR) is 145 cm³/mol. The lowest BCUT2D eigenvalue weighted by molar-refractivity contribution is -0.144. The first-order chi connectivity index (χ1) is 18.0. The molecule has 0 aromatic heterocycles. The summed E-state index contributed by atoms with van der Waals surface area (Å²) < 4.78 is 10.7. The molecule has 0 aromatic carbocycles. The molecular weight excluding hydrogens is 486 g/mol. The number of carbonyl (C=O) groups is 4. The minimum Gasteiger partial charge on any atom is -0.466 e. The number of esters is 1. The lowest BCUT2D eigenvalue weighted by atomic mass is 9.91. The monoisotopic (exact) mass is 533 g/mol. The maximum Gasteiger partial charge on any atom is 0.410 e. The van der Waals surface area contributed by atoms with Crippen LogP contribution in [0.3, 0.4) is 0 Å². The number of rotatable bonds is 11. The van der Waals surface area contributed by atoms with E-state index in [9.17, 15) is 19.2 Å². The molecule has 214 valence electrons. The van der Waals surface area contributed by atoms with Crippen LogP contribution in [0.2, 0.25) is 0 Å². The van der Waals surface area contributed by atoms with Crippen molar-refractivity contribution in [2.45, 2.75) is 104 Å². The largest absolute Gasteiger partial charge is 0.466 e. The predicted octanol–water partition coefficient (Wildman–Crippen LogP) is 3.89. The number of ether oxygens (including phenoxy) is 2. The van der Waals surface area contributed by atoms with Crippen molar-refractivity contribution in [2.75, 3.05) is 32.8 Å². The molecule has 3 amide bonds. The Morgan fingerprint density at radius 3 is 2.39 bits per heavy atom. The number of amides is 3. The average molecular weight is 534 g/mol. The fourth-order valence-electron chi connectivity index (χ4n) is 4.84. The van der Waals surface area contributed by atoms with Crippen molar-refractivity contribution in [3.05, 3.63) is 0 Å². The minimum atomic E-state index is -0.723. The molecule has 38 heavy (non-hydrogen) atoms. The number of terminal acetylenes is 1. The molecule has 2 saturated heterocycles. The quantitative estimate of drug-likeness (QED) is 0.245. The number of hydrogen-bond donors (Lipinski definition) is 1. The van der Waals surface area contributed by atoms with Crippen molar-refractivity contribution in [3.8, 4) is 12.3 Å². The van der Waals surface area contributed by atoms with Crippen LogP contribution in [0.1, 0.15) is 91.9 Å². The van der Waals surface area contributed by atoms with E-state index in [1.54, 1.807) is 9.80 Å². The van der Waals surface area contributed by atoms with Crippen molar-refractivity contribution >= 4 is 23.9 Å². The van der Waals surface area contributed by atoms with Crippen LogP contribution in [-0.2, 0) is 23.9 Å². The number of unbranched alkanes of at least 4 members (excludes halogenated alkanes) is 2. The van der Waals surface area contributed by atoms with Crippen molar-refractivity contribution in [1.29, 1.82) is 0 Å². The Morgan fingerprint density at radius 2 is 1.76 bits per heavy atom. The highest BCUT2D eigenvalue weighted by Gasteiger charge is 2.31. The molecule has 2 fully saturated rings. The first kappa shape index (κ1) is 31.5. The highest BCUT2D eigenvalue weighted by molar-refractivity contribution is 5.82. The Kier molecular flexibility index (Phi) is 12.9. The Hall–Kier alpha value is -2.76. The van der Waals surface area contributed by atoms with Gasteiger partial charge in [-0.25, -0.2) is 4.79 Å². The van der Waals surface area contributed by atoms with Crippen molar-refractivity contribution in [2.24, 2.45) is 11.8 Å². The molecular formula is C29H47N3O6. The van der Waals surface area contributed by atoms with E-state index >= 15 is 0 Å². The van der Waals surface area contributed by atoms with E-state index in [1.807, 2.05) is 20.8 Å². The topological polar surface area (TPSA) is 105 Å². The molecule has 2 aliphatic heterocycles. The third-order valence-corrected chi connectivity index (χ3v) is 7.08. The van der Waals surface area contributed by atoms with Gasteiger partial charge in [0.05, 0.1) is 18.9 Å². The second kappa shape index (κ2) is 15.6. The smallest absolute Gasteiger partial charge is 0.410 e. The summed E-state index contributed by atoms with van der Waals surface area (Å²) in [7, 11) is 0. The van der Waals surface area contributed by atoms with E-state index in [-0.39, 0.29) is 30.2 Å². The zero-order valence-corrected chi connectivity index (χ0v) is 23.8. The summed E-state index contributed by atoms with van der Waals surface area (Å²) in [5.41, 5.74) is -0.509. The van der Waals surface area contributed by atoms with Gasteiger partial charge in [-0.15, -0.1) is 6.42 Å². The Morgan fingerprint density at radius 1 is 1.05 bits per heavy atom. The Bertz CT molecular complexity index is 838. The minimum absolute atomic E-state index is 0.0567. The van der Waals surface area contributed by atoms with Crippen LogP contribution in [-0.4, -0.2) is 78.1 Å². The molecule has 0 spiro atoms. The molecule has 2 rings (SSSR count). The Balaban J connectivity index is 1.72. The van der Waals surface area contributed by atoms with Gasteiger partial charge in [-0.05, 0) is 65.2 Å². The maximum absolute atomic E-state index is 12.9. The molecule has 0 aromatic rings. The molecule has 1 N–H and O–H groups in total. The lowest BCUT2D eigenvalue weighted by Gasteiger charge is -2.34. The van der Waals surface area contributed by atoms with E-state index in [1.165, 1.54) is 0 Å². The first-order valence-corrected chi connectivity index (χ1v) is 14.2. The van der Waals surface area contributed by atoms with Crippen LogP contribution in [0.25, 0.3) is 0 Å².